The summed E-state index contributed by atoms with van der Waals surface area (Å²) in [4.78, 5) is 11.3. The minimum Gasteiger partial charge on any atom is -0.394 e. The van der Waals surface area contributed by atoms with Gasteiger partial charge in [-0.15, -0.1) is 11.6 Å². The van der Waals surface area contributed by atoms with Gasteiger partial charge in [-0.3, -0.25) is 4.79 Å². The zero-order valence-electron chi connectivity index (χ0n) is 9.71. The van der Waals surface area contributed by atoms with Gasteiger partial charge in [-0.25, -0.2) is 0 Å². The average Bonchev–Trinajstić information content (AvgIpc) is 2.38. The number of aliphatic hydroxyl groups is 3. The maximum atomic E-state index is 11.3. The second-order valence-electron chi connectivity index (χ2n) is 3.80. The van der Waals surface area contributed by atoms with E-state index in [1.54, 1.807) is 24.3 Å². The Labute approximate surface area is 110 Å². The van der Waals surface area contributed by atoms with E-state index in [0.717, 1.165) is 0 Å². The van der Waals surface area contributed by atoms with Crippen LogP contribution < -0.4 is 5.32 Å². The molecule has 100 valence electrons. The summed E-state index contributed by atoms with van der Waals surface area (Å²) in [7, 11) is 0. The summed E-state index contributed by atoms with van der Waals surface area (Å²) in [6, 6.07) is 6.35. The van der Waals surface area contributed by atoms with Gasteiger partial charge in [0.25, 0.3) is 0 Å². The van der Waals surface area contributed by atoms with Gasteiger partial charge in [-0.2, -0.15) is 0 Å². The van der Waals surface area contributed by atoms with Crippen molar-refractivity contribution in [2.45, 2.75) is 18.6 Å². The van der Waals surface area contributed by atoms with Crippen molar-refractivity contribution in [3.05, 3.63) is 29.8 Å². The van der Waals surface area contributed by atoms with Crippen LogP contribution in [0, 0.1) is 0 Å². The van der Waals surface area contributed by atoms with Crippen molar-refractivity contribution in [1.82, 2.24) is 0 Å². The first-order chi connectivity index (χ1) is 8.58. The normalized spacial score (nSPS) is 14.0. The van der Waals surface area contributed by atoms with Crippen molar-refractivity contribution >= 4 is 23.2 Å². The van der Waals surface area contributed by atoms with E-state index in [4.69, 9.17) is 16.7 Å². The lowest BCUT2D eigenvalue weighted by atomic mass is 10.0. The van der Waals surface area contributed by atoms with Crippen LogP contribution >= 0.6 is 11.6 Å². The van der Waals surface area contributed by atoms with Crippen LogP contribution in [0.25, 0.3) is 0 Å². The molecular weight excluding hydrogens is 258 g/mol. The summed E-state index contributed by atoms with van der Waals surface area (Å²) in [5.41, 5.74) is 1.05. The summed E-state index contributed by atoms with van der Waals surface area (Å²) < 4.78 is 0. The number of anilines is 1. The topological polar surface area (TPSA) is 89.8 Å². The number of carbonyl (C=O) groups excluding carboxylic acids is 1. The number of halogens is 1. The first-order valence-electron chi connectivity index (χ1n) is 5.51. The second kappa shape index (κ2) is 7.33. The van der Waals surface area contributed by atoms with Crippen molar-refractivity contribution < 1.29 is 20.1 Å². The maximum absolute atomic E-state index is 11.3. The number of nitrogens with one attached hydrogen (secondary N) is 1. The molecule has 2 atom stereocenters. The molecule has 4 N–H and O–H groups in total. The van der Waals surface area contributed by atoms with Crippen molar-refractivity contribution in [2.24, 2.45) is 0 Å². The molecule has 0 saturated heterocycles. The molecular formula is C12H16ClNO4. The van der Waals surface area contributed by atoms with Crippen molar-refractivity contribution in [1.29, 1.82) is 0 Å². The number of rotatable bonds is 6. The van der Waals surface area contributed by atoms with E-state index in [-0.39, 0.29) is 18.2 Å². The van der Waals surface area contributed by atoms with Gasteiger partial charge in [0.05, 0.1) is 6.61 Å². The largest absolute Gasteiger partial charge is 0.394 e. The Morgan fingerprint density at radius 3 is 2.39 bits per heavy atom. The molecule has 0 saturated carbocycles. The highest BCUT2D eigenvalue weighted by atomic mass is 35.5. The molecule has 0 aliphatic rings. The Morgan fingerprint density at radius 2 is 1.89 bits per heavy atom. The van der Waals surface area contributed by atoms with E-state index >= 15 is 0 Å². The molecule has 0 aliphatic heterocycles. The molecule has 5 nitrogen and oxygen atoms in total. The summed E-state index contributed by atoms with van der Waals surface area (Å²) in [6.07, 6.45) is -2.14. The van der Waals surface area contributed by atoms with Crippen molar-refractivity contribution in [2.75, 3.05) is 17.8 Å². The Kier molecular flexibility index (Phi) is 6.07. The fourth-order valence-electron chi connectivity index (χ4n) is 1.39. The van der Waals surface area contributed by atoms with Gasteiger partial charge in [0.15, 0.2) is 0 Å². The van der Waals surface area contributed by atoms with E-state index in [1.165, 1.54) is 0 Å². The number of amides is 1. The highest BCUT2D eigenvalue weighted by molar-refractivity contribution is 6.19. The lowest BCUT2D eigenvalue weighted by Crippen LogP contribution is -2.22. The Hall–Kier alpha value is -1.14. The van der Waals surface area contributed by atoms with E-state index in [9.17, 15) is 15.0 Å². The first-order valence-corrected chi connectivity index (χ1v) is 6.04. The Bertz CT molecular complexity index is 382. The molecule has 2 unspecified atom stereocenters. The van der Waals surface area contributed by atoms with Gasteiger partial charge in [0.1, 0.15) is 12.2 Å². The fraction of sp³-hybridized carbons (Fsp3) is 0.417. The van der Waals surface area contributed by atoms with E-state index in [1.807, 2.05) is 0 Å². The number of alkyl halides is 1. The van der Waals surface area contributed by atoms with E-state index in [0.29, 0.717) is 11.3 Å². The molecule has 0 aliphatic carbocycles. The number of benzene rings is 1. The van der Waals surface area contributed by atoms with Crippen LogP contribution in [0.1, 0.15) is 18.1 Å². The minimum atomic E-state index is -1.22. The quantitative estimate of drug-likeness (QED) is 0.573. The van der Waals surface area contributed by atoms with Crippen LogP contribution in [-0.2, 0) is 4.79 Å². The first kappa shape index (κ1) is 14.9. The number of carbonyl (C=O) groups is 1. The predicted octanol–water partition coefficient (Wildman–Crippen LogP) is 0.641. The van der Waals surface area contributed by atoms with E-state index < -0.39 is 18.8 Å². The molecule has 0 heterocycles. The molecule has 0 spiro atoms. The van der Waals surface area contributed by atoms with Gasteiger partial charge >= 0.3 is 0 Å². The van der Waals surface area contributed by atoms with Crippen LogP contribution in [0.2, 0.25) is 0 Å². The molecule has 0 radical (unpaired) electrons. The molecule has 0 bridgehead atoms. The molecule has 1 amide bonds. The third-order valence-corrected chi connectivity index (χ3v) is 2.60. The molecule has 18 heavy (non-hydrogen) atoms. The monoisotopic (exact) mass is 273 g/mol. The summed E-state index contributed by atoms with van der Waals surface area (Å²) >= 11 is 5.43. The van der Waals surface area contributed by atoms with E-state index in [2.05, 4.69) is 5.32 Å². The number of aliphatic hydroxyl groups excluding tert-OH is 3. The van der Waals surface area contributed by atoms with Crippen LogP contribution in [0.15, 0.2) is 24.3 Å². The van der Waals surface area contributed by atoms with Crippen LogP contribution in [0.5, 0.6) is 0 Å². The van der Waals surface area contributed by atoms with Crippen LogP contribution in [0.3, 0.4) is 0 Å². The second-order valence-corrected chi connectivity index (χ2v) is 4.18. The minimum absolute atomic E-state index is 0.186. The molecule has 1 aromatic carbocycles. The lowest BCUT2D eigenvalue weighted by molar-refractivity contribution is -0.115. The Balaban J connectivity index is 2.65. The third kappa shape index (κ3) is 4.27. The molecule has 0 fully saturated rings. The maximum Gasteiger partial charge on any atom is 0.225 e. The Morgan fingerprint density at radius 1 is 1.28 bits per heavy atom. The third-order valence-electron chi connectivity index (χ3n) is 2.41. The number of hydrogen-bond donors (Lipinski definition) is 4. The van der Waals surface area contributed by atoms with Gasteiger partial charge < -0.3 is 20.6 Å². The summed E-state index contributed by atoms with van der Waals surface area (Å²) in [5.74, 6) is 0.0689. The average molecular weight is 274 g/mol. The lowest BCUT2D eigenvalue weighted by Gasteiger charge is -2.16. The van der Waals surface area contributed by atoms with Gasteiger partial charge in [-0.05, 0) is 17.7 Å². The highest BCUT2D eigenvalue weighted by Gasteiger charge is 2.17. The molecule has 1 aromatic rings. The summed E-state index contributed by atoms with van der Waals surface area (Å²) in [5, 5.41) is 30.3. The van der Waals surface area contributed by atoms with Crippen molar-refractivity contribution in [3.63, 3.8) is 0 Å². The van der Waals surface area contributed by atoms with Gasteiger partial charge in [-0.1, -0.05) is 12.1 Å². The predicted molar refractivity (Wildman–Crippen MR) is 68.5 cm³/mol. The highest BCUT2D eigenvalue weighted by Crippen LogP contribution is 2.19. The van der Waals surface area contributed by atoms with Gasteiger partial charge in [0, 0.05) is 18.0 Å². The van der Waals surface area contributed by atoms with Gasteiger partial charge in [0.2, 0.25) is 5.91 Å². The smallest absolute Gasteiger partial charge is 0.225 e. The molecule has 0 aromatic heterocycles. The molecule has 6 heteroatoms. The van der Waals surface area contributed by atoms with Crippen LogP contribution in [-0.4, -0.2) is 39.8 Å². The van der Waals surface area contributed by atoms with Crippen LogP contribution in [0.4, 0.5) is 5.69 Å². The fourth-order valence-corrected chi connectivity index (χ4v) is 1.57. The number of hydrogen-bond acceptors (Lipinski definition) is 4. The SMILES string of the molecule is O=C(CCCl)Nc1ccc(C(O)C(O)CO)cc1. The molecule has 1 rings (SSSR count). The summed E-state index contributed by atoms with van der Waals surface area (Å²) in [6.45, 7) is -0.518. The zero-order valence-corrected chi connectivity index (χ0v) is 10.5. The standard InChI is InChI=1S/C12H16ClNO4/c13-6-5-11(17)14-9-3-1-8(2-4-9)12(18)10(16)7-15/h1-4,10,12,15-16,18H,5-7H2,(H,14,17). The zero-order chi connectivity index (χ0) is 13.5. The van der Waals surface area contributed by atoms with Crippen molar-refractivity contribution in [3.8, 4) is 0 Å².